The van der Waals surface area contributed by atoms with Gasteiger partial charge in [0.15, 0.2) is 0 Å². The smallest absolute Gasteiger partial charge is 0.243 e. The molecule has 4 rings (SSSR count). The van der Waals surface area contributed by atoms with Crippen molar-refractivity contribution in [1.82, 2.24) is 9.62 Å². The highest BCUT2D eigenvalue weighted by atomic mass is 35.5. The maximum Gasteiger partial charge on any atom is 0.243 e. The predicted molar refractivity (Wildman–Crippen MR) is 125 cm³/mol. The Bertz CT molecular complexity index is 1200. The van der Waals surface area contributed by atoms with E-state index in [0.29, 0.717) is 37.6 Å². The van der Waals surface area contributed by atoms with E-state index in [1.165, 1.54) is 16.4 Å². The van der Waals surface area contributed by atoms with Crippen LogP contribution >= 0.6 is 11.6 Å². The third-order valence-electron chi connectivity index (χ3n) is 5.60. The lowest BCUT2D eigenvalue weighted by Gasteiger charge is -2.31. The Kier molecular flexibility index (Phi) is 6.98. The number of nitrogens with one attached hydrogen (secondary N) is 1. The van der Waals surface area contributed by atoms with Crippen molar-refractivity contribution < 1.29 is 17.9 Å². The summed E-state index contributed by atoms with van der Waals surface area (Å²) >= 11 is 5.87. The van der Waals surface area contributed by atoms with E-state index in [-0.39, 0.29) is 23.3 Å². The molecule has 1 aliphatic heterocycles. The fourth-order valence-corrected chi connectivity index (χ4v) is 5.52. The summed E-state index contributed by atoms with van der Waals surface area (Å²) in [7, 11) is -3.65. The molecule has 6 nitrogen and oxygen atoms in total. The van der Waals surface area contributed by atoms with E-state index >= 15 is 0 Å². The van der Waals surface area contributed by atoms with Gasteiger partial charge in [-0.25, -0.2) is 8.42 Å². The van der Waals surface area contributed by atoms with E-state index < -0.39 is 10.0 Å². The van der Waals surface area contributed by atoms with Crippen LogP contribution in [0.1, 0.15) is 12.8 Å². The largest absolute Gasteiger partial charge is 0.492 e. The molecule has 0 aliphatic carbocycles. The number of benzene rings is 3. The highest BCUT2D eigenvalue weighted by Crippen LogP contribution is 2.25. The Morgan fingerprint density at radius 2 is 1.81 bits per heavy atom. The van der Waals surface area contributed by atoms with Gasteiger partial charge in [0.2, 0.25) is 15.9 Å². The first-order chi connectivity index (χ1) is 15.4. The number of rotatable bonds is 7. The average molecular weight is 473 g/mol. The summed E-state index contributed by atoms with van der Waals surface area (Å²) in [5, 5.41) is 5.59. The number of halogens is 1. The second-order valence-electron chi connectivity index (χ2n) is 7.80. The number of carbonyl (C=O) groups is 1. The van der Waals surface area contributed by atoms with Crippen molar-refractivity contribution in [3.8, 4) is 5.75 Å². The Morgan fingerprint density at radius 3 is 2.59 bits per heavy atom. The zero-order valence-electron chi connectivity index (χ0n) is 17.5. The molecule has 3 aromatic carbocycles. The van der Waals surface area contributed by atoms with Crippen LogP contribution in [0.5, 0.6) is 5.75 Å². The van der Waals surface area contributed by atoms with Crippen LogP contribution in [-0.4, -0.2) is 44.9 Å². The molecule has 1 saturated heterocycles. The highest BCUT2D eigenvalue weighted by molar-refractivity contribution is 7.89. The van der Waals surface area contributed by atoms with Crippen molar-refractivity contribution in [1.29, 1.82) is 0 Å². The van der Waals surface area contributed by atoms with Crippen molar-refractivity contribution in [3.05, 3.63) is 71.8 Å². The minimum absolute atomic E-state index is 0.150. The lowest BCUT2D eigenvalue weighted by molar-refractivity contribution is -0.126. The Morgan fingerprint density at radius 1 is 1.06 bits per heavy atom. The van der Waals surface area contributed by atoms with Crippen molar-refractivity contribution in [2.45, 2.75) is 17.7 Å². The minimum Gasteiger partial charge on any atom is -0.492 e. The first-order valence-electron chi connectivity index (χ1n) is 10.6. The van der Waals surface area contributed by atoms with E-state index in [4.69, 9.17) is 16.3 Å². The molecule has 3 aromatic rings. The minimum atomic E-state index is -3.65. The van der Waals surface area contributed by atoms with Gasteiger partial charge in [-0.05, 0) is 60.0 Å². The van der Waals surface area contributed by atoms with Crippen LogP contribution in [-0.2, 0) is 14.8 Å². The summed E-state index contributed by atoms with van der Waals surface area (Å²) in [6, 6.07) is 20.0. The number of hydrogen-bond donors (Lipinski definition) is 1. The van der Waals surface area contributed by atoms with Gasteiger partial charge in [-0.3, -0.25) is 4.79 Å². The Labute approximate surface area is 193 Å². The molecule has 1 atom stereocenters. The summed E-state index contributed by atoms with van der Waals surface area (Å²) in [5.41, 5.74) is 0. The molecule has 1 fully saturated rings. The third kappa shape index (κ3) is 5.23. The number of fused-ring (bicyclic) bond motifs is 1. The van der Waals surface area contributed by atoms with Gasteiger partial charge in [-0.1, -0.05) is 41.9 Å². The van der Waals surface area contributed by atoms with Crippen LogP contribution in [0.15, 0.2) is 71.6 Å². The SMILES string of the molecule is O=C(NCCOc1ccc2ccccc2c1)C1CCCN(S(=O)(=O)c2ccc(Cl)cc2)C1. The maximum atomic E-state index is 12.9. The molecule has 168 valence electrons. The maximum absolute atomic E-state index is 12.9. The molecule has 0 spiro atoms. The molecule has 1 N–H and O–H groups in total. The van der Waals surface area contributed by atoms with Crippen LogP contribution in [0.4, 0.5) is 0 Å². The number of nitrogens with zero attached hydrogens (tertiary/aromatic N) is 1. The van der Waals surface area contributed by atoms with Gasteiger partial charge >= 0.3 is 0 Å². The average Bonchev–Trinajstić information content (AvgIpc) is 2.82. The summed E-state index contributed by atoms with van der Waals surface area (Å²) in [6.07, 6.45) is 1.29. The van der Waals surface area contributed by atoms with Crippen LogP contribution in [0, 0.1) is 5.92 Å². The van der Waals surface area contributed by atoms with Gasteiger partial charge in [-0.2, -0.15) is 4.31 Å². The number of piperidine rings is 1. The summed E-state index contributed by atoms with van der Waals surface area (Å²) in [4.78, 5) is 12.8. The summed E-state index contributed by atoms with van der Waals surface area (Å²) in [5.74, 6) is 0.213. The fourth-order valence-electron chi connectivity index (χ4n) is 3.88. The van der Waals surface area contributed by atoms with E-state index in [1.807, 2.05) is 42.5 Å². The zero-order chi connectivity index (χ0) is 22.6. The lowest BCUT2D eigenvalue weighted by atomic mass is 9.99. The molecule has 32 heavy (non-hydrogen) atoms. The highest BCUT2D eigenvalue weighted by Gasteiger charge is 2.33. The van der Waals surface area contributed by atoms with Crippen LogP contribution in [0.3, 0.4) is 0 Å². The van der Waals surface area contributed by atoms with Crippen molar-refractivity contribution in [2.75, 3.05) is 26.2 Å². The number of carbonyl (C=O) groups excluding carboxylic acids is 1. The van der Waals surface area contributed by atoms with E-state index in [9.17, 15) is 13.2 Å². The topological polar surface area (TPSA) is 75.7 Å². The van der Waals surface area contributed by atoms with E-state index in [1.54, 1.807) is 12.1 Å². The second-order valence-corrected chi connectivity index (χ2v) is 10.2. The molecule has 1 aliphatic rings. The van der Waals surface area contributed by atoms with Gasteiger partial charge < -0.3 is 10.1 Å². The number of ether oxygens (including phenoxy) is 1. The van der Waals surface area contributed by atoms with Crippen LogP contribution in [0.25, 0.3) is 10.8 Å². The lowest BCUT2D eigenvalue weighted by Crippen LogP contribution is -2.45. The third-order valence-corrected chi connectivity index (χ3v) is 7.73. The molecular weight excluding hydrogens is 448 g/mol. The first-order valence-corrected chi connectivity index (χ1v) is 12.4. The Balaban J connectivity index is 1.28. The number of amides is 1. The second kappa shape index (κ2) is 9.90. The van der Waals surface area contributed by atoms with Crippen molar-refractivity contribution in [2.24, 2.45) is 5.92 Å². The summed E-state index contributed by atoms with van der Waals surface area (Å²) < 4.78 is 33.0. The monoisotopic (exact) mass is 472 g/mol. The molecule has 0 aromatic heterocycles. The molecule has 1 amide bonds. The van der Waals surface area contributed by atoms with E-state index in [2.05, 4.69) is 5.32 Å². The predicted octanol–water partition coefficient (Wildman–Crippen LogP) is 4.09. The quantitative estimate of drug-likeness (QED) is 0.525. The molecule has 0 radical (unpaired) electrons. The molecule has 1 heterocycles. The standard InChI is InChI=1S/C24H25ClN2O4S/c25-21-8-11-23(12-9-21)32(29,30)27-14-3-6-20(17-27)24(28)26-13-15-31-22-10-7-18-4-1-2-5-19(18)16-22/h1-2,4-5,7-12,16,20H,3,6,13-15,17H2,(H,26,28). The van der Waals surface area contributed by atoms with Gasteiger partial charge in [0.25, 0.3) is 0 Å². The number of sulfonamides is 1. The van der Waals surface area contributed by atoms with Crippen molar-refractivity contribution >= 4 is 38.3 Å². The van der Waals surface area contributed by atoms with Gasteiger partial charge in [0.1, 0.15) is 12.4 Å². The van der Waals surface area contributed by atoms with Gasteiger partial charge in [0, 0.05) is 18.1 Å². The molecule has 8 heteroatoms. The fraction of sp³-hybridized carbons (Fsp3) is 0.292. The van der Waals surface area contributed by atoms with Gasteiger partial charge in [-0.15, -0.1) is 0 Å². The van der Waals surface area contributed by atoms with Crippen LogP contribution in [0.2, 0.25) is 5.02 Å². The van der Waals surface area contributed by atoms with E-state index in [0.717, 1.165) is 16.5 Å². The number of hydrogen-bond acceptors (Lipinski definition) is 4. The Hall–Kier alpha value is -2.61. The molecule has 0 bridgehead atoms. The first kappa shape index (κ1) is 22.6. The molecular formula is C24H25ClN2O4S. The zero-order valence-corrected chi connectivity index (χ0v) is 19.1. The van der Waals surface area contributed by atoms with Gasteiger partial charge in [0.05, 0.1) is 17.4 Å². The summed E-state index contributed by atoms with van der Waals surface area (Å²) in [6.45, 7) is 1.26. The van der Waals surface area contributed by atoms with Crippen molar-refractivity contribution in [3.63, 3.8) is 0 Å². The normalized spacial score (nSPS) is 17.2. The molecule has 1 unspecified atom stereocenters. The molecule has 0 saturated carbocycles. The van der Waals surface area contributed by atoms with Crippen LogP contribution < -0.4 is 10.1 Å².